The summed E-state index contributed by atoms with van der Waals surface area (Å²) in [5, 5.41) is 0. The Hall–Kier alpha value is -1.31. The molecule has 2 nitrogen and oxygen atoms in total. The summed E-state index contributed by atoms with van der Waals surface area (Å²) in [6.45, 7) is 12.7. The quantitative estimate of drug-likeness (QED) is 0.301. The number of hydrogen-bond acceptors (Lipinski definition) is 2. The molecule has 0 saturated carbocycles. The summed E-state index contributed by atoms with van der Waals surface area (Å²) in [4.78, 5) is 11.3. The van der Waals surface area contributed by atoms with E-state index in [0.717, 1.165) is 12.0 Å². The van der Waals surface area contributed by atoms with Gasteiger partial charge in [0, 0.05) is 6.08 Å². The van der Waals surface area contributed by atoms with Crippen molar-refractivity contribution in [3.63, 3.8) is 0 Å². The SMILES string of the molecule is CCOC(=O)/C=C(C)/C=C(\C)C(C)CC=C(C)C. The third-order valence-electron chi connectivity index (χ3n) is 2.74. The van der Waals surface area contributed by atoms with Gasteiger partial charge in [0.1, 0.15) is 0 Å². The standard InChI is InChI=1S/C16H26O2/c1-7-18-16(17)11-13(4)10-15(6)14(5)9-8-12(2)3/h8,10-11,14H,7,9H2,1-6H3/b13-11+,15-10+. The first-order valence-corrected chi connectivity index (χ1v) is 6.53. The molecule has 102 valence electrons. The molecule has 0 aliphatic heterocycles. The van der Waals surface area contributed by atoms with Crippen molar-refractivity contribution in [1.82, 2.24) is 0 Å². The molecule has 2 heteroatoms. The third kappa shape index (κ3) is 7.88. The lowest BCUT2D eigenvalue weighted by molar-refractivity contribution is -0.137. The molecule has 0 bridgehead atoms. The third-order valence-corrected chi connectivity index (χ3v) is 2.74. The lowest BCUT2D eigenvalue weighted by Crippen LogP contribution is -2.00. The highest BCUT2D eigenvalue weighted by molar-refractivity contribution is 5.83. The molecular formula is C16H26O2. The van der Waals surface area contributed by atoms with Crippen LogP contribution in [0.1, 0.15) is 48.0 Å². The minimum absolute atomic E-state index is 0.268. The van der Waals surface area contributed by atoms with Crippen LogP contribution in [0.15, 0.2) is 34.9 Å². The Morgan fingerprint density at radius 2 is 1.78 bits per heavy atom. The molecule has 0 aliphatic rings. The number of hydrogen-bond donors (Lipinski definition) is 0. The van der Waals surface area contributed by atoms with E-state index in [-0.39, 0.29) is 5.97 Å². The van der Waals surface area contributed by atoms with Gasteiger partial charge < -0.3 is 4.74 Å². The van der Waals surface area contributed by atoms with Crippen molar-refractivity contribution in [1.29, 1.82) is 0 Å². The van der Waals surface area contributed by atoms with Crippen molar-refractivity contribution in [2.45, 2.75) is 48.0 Å². The maximum Gasteiger partial charge on any atom is 0.330 e. The highest BCUT2D eigenvalue weighted by atomic mass is 16.5. The Kier molecular flexibility index (Phi) is 8.10. The Morgan fingerprint density at radius 1 is 1.17 bits per heavy atom. The van der Waals surface area contributed by atoms with Crippen LogP contribution in [0.5, 0.6) is 0 Å². The first-order chi connectivity index (χ1) is 8.36. The summed E-state index contributed by atoms with van der Waals surface area (Å²) in [5.41, 5.74) is 3.56. The number of allylic oxidation sites excluding steroid dienone is 5. The van der Waals surface area contributed by atoms with Crippen LogP contribution in [-0.4, -0.2) is 12.6 Å². The molecule has 0 N–H and O–H groups in total. The summed E-state index contributed by atoms with van der Waals surface area (Å²) >= 11 is 0. The summed E-state index contributed by atoms with van der Waals surface area (Å²) in [6.07, 6.45) is 6.88. The Bertz CT molecular complexity index is 355. The van der Waals surface area contributed by atoms with E-state index >= 15 is 0 Å². The number of rotatable bonds is 6. The van der Waals surface area contributed by atoms with E-state index in [0.29, 0.717) is 12.5 Å². The number of carbonyl (C=O) groups is 1. The Balaban J connectivity index is 4.56. The van der Waals surface area contributed by atoms with Crippen LogP contribution >= 0.6 is 0 Å². The minimum atomic E-state index is -0.268. The monoisotopic (exact) mass is 250 g/mol. The molecule has 0 aromatic heterocycles. The van der Waals surface area contributed by atoms with Crippen molar-refractivity contribution in [2.75, 3.05) is 6.61 Å². The van der Waals surface area contributed by atoms with Gasteiger partial charge in [-0.25, -0.2) is 4.79 Å². The molecular weight excluding hydrogens is 224 g/mol. The fourth-order valence-electron chi connectivity index (χ4n) is 1.51. The van der Waals surface area contributed by atoms with Gasteiger partial charge in [-0.15, -0.1) is 0 Å². The number of carbonyl (C=O) groups excluding carboxylic acids is 1. The molecule has 0 radical (unpaired) electrons. The van der Waals surface area contributed by atoms with E-state index in [1.54, 1.807) is 6.08 Å². The summed E-state index contributed by atoms with van der Waals surface area (Å²) in [6, 6.07) is 0. The van der Waals surface area contributed by atoms with Crippen molar-refractivity contribution in [2.24, 2.45) is 5.92 Å². The maximum absolute atomic E-state index is 11.3. The van der Waals surface area contributed by atoms with Crippen molar-refractivity contribution < 1.29 is 9.53 Å². The van der Waals surface area contributed by atoms with Gasteiger partial charge in [-0.05, 0) is 52.5 Å². The van der Waals surface area contributed by atoms with Gasteiger partial charge in [-0.1, -0.05) is 30.2 Å². The molecule has 0 aromatic rings. The van der Waals surface area contributed by atoms with Crippen LogP contribution in [0.25, 0.3) is 0 Å². The van der Waals surface area contributed by atoms with Crippen LogP contribution in [0.2, 0.25) is 0 Å². The van der Waals surface area contributed by atoms with E-state index in [9.17, 15) is 4.79 Å². The van der Waals surface area contributed by atoms with E-state index in [4.69, 9.17) is 4.74 Å². The molecule has 1 unspecified atom stereocenters. The Labute approximate surface area is 111 Å². The van der Waals surface area contributed by atoms with Crippen LogP contribution < -0.4 is 0 Å². The second-order valence-electron chi connectivity index (χ2n) is 4.95. The smallest absolute Gasteiger partial charge is 0.330 e. The zero-order valence-corrected chi connectivity index (χ0v) is 12.5. The highest BCUT2D eigenvalue weighted by Crippen LogP contribution is 2.17. The second kappa shape index (κ2) is 8.73. The van der Waals surface area contributed by atoms with Gasteiger partial charge >= 0.3 is 5.97 Å². The fourth-order valence-corrected chi connectivity index (χ4v) is 1.51. The molecule has 0 aromatic carbocycles. The molecule has 0 heterocycles. The molecule has 0 saturated heterocycles. The van der Waals surface area contributed by atoms with Gasteiger partial charge in [0.2, 0.25) is 0 Å². The molecule has 0 rings (SSSR count). The van der Waals surface area contributed by atoms with Crippen LogP contribution in [0.3, 0.4) is 0 Å². The van der Waals surface area contributed by atoms with Crippen molar-refractivity contribution in [3.05, 3.63) is 34.9 Å². The van der Waals surface area contributed by atoms with Gasteiger partial charge in [-0.3, -0.25) is 0 Å². The predicted octanol–water partition coefficient (Wildman–Crippen LogP) is 4.43. The van der Waals surface area contributed by atoms with E-state index < -0.39 is 0 Å². The number of esters is 1. The Morgan fingerprint density at radius 3 is 2.28 bits per heavy atom. The first-order valence-electron chi connectivity index (χ1n) is 6.53. The number of ether oxygens (including phenoxy) is 1. The van der Waals surface area contributed by atoms with E-state index in [1.807, 2.05) is 13.8 Å². The van der Waals surface area contributed by atoms with Crippen LogP contribution in [0, 0.1) is 5.92 Å². The summed E-state index contributed by atoms with van der Waals surface area (Å²) < 4.78 is 4.88. The van der Waals surface area contributed by atoms with Crippen LogP contribution in [-0.2, 0) is 9.53 Å². The van der Waals surface area contributed by atoms with Gasteiger partial charge in [0.25, 0.3) is 0 Å². The molecule has 18 heavy (non-hydrogen) atoms. The summed E-state index contributed by atoms with van der Waals surface area (Å²) in [5.74, 6) is 0.224. The molecule has 1 atom stereocenters. The molecule has 0 amide bonds. The molecule has 0 aliphatic carbocycles. The van der Waals surface area contributed by atoms with Gasteiger partial charge in [0.05, 0.1) is 6.61 Å². The summed E-state index contributed by atoms with van der Waals surface area (Å²) in [7, 11) is 0. The molecule has 0 fully saturated rings. The predicted molar refractivity (Wildman–Crippen MR) is 77.4 cm³/mol. The van der Waals surface area contributed by atoms with E-state index in [1.165, 1.54) is 11.1 Å². The van der Waals surface area contributed by atoms with E-state index in [2.05, 4.69) is 39.8 Å². The maximum atomic E-state index is 11.3. The van der Waals surface area contributed by atoms with Gasteiger partial charge in [-0.2, -0.15) is 0 Å². The zero-order valence-electron chi connectivity index (χ0n) is 12.5. The highest BCUT2D eigenvalue weighted by Gasteiger charge is 2.03. The molecule has 0 spiro atoms. The largest absolute Gasteiger partial charge is 0.463 e. The zero-order chi connectivity index (χ0) is 14.1. The first kappa shape index (κ1) is 16.7. The van der Waals surface area contributed by atoms with Crippen LogP contribution in [0.4, 0.5) is 0 Å². The minimum Gasteiger partial charge on any atom is -0.463 e. The lowest BCUT2D eigenvalue weighted by atomic mass is 9.96. The van der Waals surface area contributed by atoms with Crippen molar-refractivity contribution in [3.8, 4) is 0 Å². The average molecular weight is 250 g/mol. The second-order valence-corrected chi connectivity index (χ2v) is 4.95. The lowest BCUT2D eigenvalue weighted by Gasteiger charge is -2.10. The topological polar surface area (TPSA) is 26.3 Å². The van der Waals surface area contributed by atoms with Gasteiger partial charge in [0.15, 0.2) is 0 Å². The fraction of sp³-hybridized carbons (Fsp3) is 0.562. The average Bonchev–Trinajstić information content (AvgIpc) is 2.25. The van der Waals surface area contributed by atoms with Crippen molar-refractivity contribution >= 4 is 5.97 Å². The normalized spacial score (nSPS) is 14.1.